The van der Waals surface area contributed by atoms with Gasteiger partial charge >= 0.3 is 0 Å². The monoisotopic (exact) mass is 393 g/mol. The minimum absolute atomic E-state index is 0.0145. The van der Waals surface area contributed by atoms with Crippen LogP contribution in [-0.2, 0) is 27.2 Å². The first-order chi connectivity index (χ1) is 13.6. The molecule has 1 aliphatic carbocycles. The number of carbonyl (C=O) groups is 2. The highest BCUT2D eigenvalue weighted by Crippen LogP contribution is 2.52. The van der Waals surface area contributed by atoms with Gasteiger partial charge in [-0.2, -0.15) is 0 Å². The summed E-state index contributed by atoms with van der Waals surface area (Å²) < 4.78 is 6.07. The van der Waals surface area contributed by atoms with E-state index in [2.05, 4.69) is 28.5 Å². The lowest BCUT2D eigenvalue weighted by molar-refractivity contribution is -0.134. The molecule has 6 nitrogen and oxygen atoms in total. The van der Waals surface area contributed by atoms with Gasteiger partial charge in [0.25, 0.3) is 0 Å². The number of rotatable bonds is 2. The van der Waals surface area contributed by atoms with Crippen LogP contribution in [-0.4, -0.2) is 47.0 Å². The van der Waals surface area contributed by atoms with Crippen molar-refractivity contribution in [2.24, 2.45) is 11.8 Å². The van der Waals surface area contributed by atoms with Gasteiger partial charge in [0.1, 0.15) is 5.60 Å². The quantitative estimate of drug-likeness (QED) is 0.795. The minimum atomic E-state index is -0.639. The highest BCUT2D eigenvalue weighted by Gasteiger charge is 2.66. The number of aryl methyl sites for hydroxylation is 2. The number of hydrogen-bond acceptors (Lipinski definition) is 5. The van der Waals surface area contributed by atoms with Crippen molar-refractivity contribution in [2.75, 3.05) is 18.9 Å². The summed E-state index contributed by atoms with van der Waals surface area (Å²) in [6.45, 7) is 0.510. The molecule has 6 rings (SSSR count). The maximum atomic E-state index is 13.1. The number of aromatic nitrogens is 1. The number of likely N-dealkylation sites (N-methyl/N-ethyl adjacent to an activating group) is 1. The molecule has 0 saturated carbocycles. The van der Waals surface area contributed by atoms with E-state index in [1.807, 2.05) is 18.2 Å². The summed E-state index contributed by atoms with van der Waals surface area (Å²) in [6.07, 6.45) is 5.40. The van der Waals surface area contributed by atoms with Crippen LogP contribution in [0.4, 0.5) is 5.13 Å². The average molecular weight is 393 g/mol. The van der Waals surface area contributed by atoms with Crippen molar-refractivity contribution in [3.05, 3.63) is 47.7 Å². The second kappa shape index (κ2) is 5.52. The summed E-state index contributed by atoms with van der Waals surface area (Å²) in [4.78, 5) is 33.2. The predicted molar refractivity (Wildman–Crippen MR) is 105 cm³/mol. The molecular formula is C21H19N3O3S. The van der Waals surface area contributed by atoms with Gasteiger partial charge in [0.2, 0.25) is 11.8 Å². The average Bonchev–Trinajstić information content (AvgIpc) is 3.41. The third-order valence-corrected chi connectivity index (χ3v) is 7.46. The van der Waals surface area contributed by atoms with E-state index in [1.165, 1.54) is 22.5 Å². The Morgan fingerprint density at radius 3 is 3.11 bits per heavy atom. The molecule has 7 heteroatoms. The smallest absolute Gasteiger partial charge is 0.233 e. The first-order valence-corrected chi connectivity index (χ1v) is 10.4. The first-order valence-electron chi connectivity index (χ1n) is 9.57. The predicted octanol–water partition coefficient (Wildman–Crippen LogP) is 2.26. The zero-order chi connectivity index (χ0) is 19.0. The lowest BCUT2D eigenvalue weighted by Gasteiger charge is -2.23. The lowest BCUT2D eigenvalue weighted by atomic mass is 9.77. The Morgan fingerprint density at radius 2 is 2.21 bits per heavy atom. The van der Waals surface area contributed by atoms with Crippen molar-refractivity contribution in [3.8, 4) is 10.4 Å². The van der Waals surface area contributed by atoms with Gasteiger partial charge in [-0.15, -0.1) is 0 Å². The van der Waals surface area contributed by atoms with E-state index >= 15 is 0 Å². The molecule has 28 heavy (non-hydrogen) atoms. The van der Waals surface area contributed by atoms with Crippen LogP contribution in [0.2, 0.25) is 0 Å². The van der Waals surface area contributed by atoms with Gasteiger partial charge in [0.15, 0.2) is 5.13 Å². The molecule has 0 radical (unpaired) electrons. The Kier molecular flexibility index (Phi) is 3.24. The van der Waals surface area contributed by atoms with E-state index in [9.17, 15) is 9.59 Å². The number of anilines is 1. The van der Waals surface area contributed by atoms with Gasteiger partial charge in [0.05, 0.1) is 35.1 Å². The standard InChI is InChI=1S/C21H19N3O3S/c1-24-10-21-9-8-14(27-21)15(16(21)19(24)26)18(25)23-20-22-13-7-6-11-4-2-3-5-12(11)17(13)28-20/h2-5,8-9,14-16H,6-7,10H2,1H3,(H,22,23,25)/t14-,15-,16+,21-/m0/s1. The molecule has 142 valence electrons. The normalized spacial score (nSPS) is 31.7. The van der Waals surface area contributed by atoms with Crippen LogP contribution in [0.1, 0.15) is 11.3 Å². The van der Waals surface area contributed by atoms with Gasteiger partial charge in [-0.05, 0) is 24.0 Å². The summed E-state index contributed by atoms with van der Waals surface area (Å²) in [6, 6.07) is 8.35. The van der Waals surface area contributed by atoms with Crippen LogP contribution in [0, 0.1) is 11.8 Å². The molecule has 2 bridgehead atoms. The molecule has 1 aromatic carbocycles. The summed E-state index contributed by atoms with van der Waals surface area (Å²) in [7, 11) is 1.77. The van der Waals surface area contributed by atoms with Gasteiger partial charge in [-0.1, -0.05) is 47.8 Å². The van der Waals surface area contributed by atoms with Crippen molar-refractivity contribution in [2.45, 2.75) is 24.5 Å². The third kappa shape index (κ3) is 2.08. The Hall–Kier alpha value is -2.51. The van der Waals surface area contributed by atoms with Gasteiger partial charge in [-0.25, -0.2) is 4.98 Å². The molecule has 3 aliphatic heterocycles. The van der Waals surface area contributed by atoms with Crippen LogP contribution in [0.15, 0.2) is 36.4 Å². The molecule has 4 atom stereocenters. The fourth-order valence-corrected chi connectivity index (χ4v) is 6.25. The number of thiazole rings is 1. The molecule has 2 fully saturated rings. The van der Waals surface area contributed by atoms with Crippen molar-refractivity contribution in [1.82, 2.24) is 9.88 Å². The van der Waals surface area contributed by atoms with Crippen LogP contribution < -0.4 is 5.32 Å². The maximum Gasteiger partial charge on any atom is 0.233 e. The number of nitrogens with zero attached hydrogens (tertiary/aromatic N) is 2. The number of carbonyl (C=O) groups excluding carboxylic acids is 2. The van der Waals surface area contributed by atoms with E-state index in [4.69, 9.17) is 4.74 Å². The number of fused-ring (bicyclic) bond motifs is 4. The van der Waals surface area contributed by atoms with Gasteiger partial charge in [-0.3, -0.25) is 9.59 Å². The number of hydrogen-bond donors (Lipinski definition) is 1. The molecule has 2 aromatic rings. The second-order valence-electron chi connectivity index (χ2n) is 8.04. The first kappa shape index (κ1) is 16.4. The van der Waals surface area contributed by atoms with E-state index in [0.29, 0.717) is 11.7 Å². The number of ether oxygens (including phenoxy) is 1. The maximum absolute atomic E-state index is 13.1. The van der Waals surface area contributed by atoms with E-state index in [0.717, 1.165) is 23.4 Å². The molecule has 4 aliphatic rings. The summed E-state index contributed by atoms with van der Waals surface area (Å²) in [5.74, 6) is -1.14. The minimum Gasteiger partial charge on any atom is -0.360 e. The van der Waals surface area contributed by atoms with Crippen molar-refractivity contribution < 1.29 is 14.3 Å². The summed E-state index contributed by atoms with van der Waals surface area (Å²) >= 11 is 1.51. The fraction of sp³-hybridized carbons (Fsp3) is 0.381. The Bertz CT molecular complexity index is 1060. The molecule has 2 amide bonds. The number of nitrogens with one attached hydrogen (secondary N) is 1. The number of amides is 2. The largest absolute Gasteiger partial charge is 0.360 e. The highest BCUT2D eigenvalue weighted by atomic mass is 32.1. The lowest BCUT2D eigenvalue weighted by Crippen LogP contribution is -2.41. The number of likely N-dealkylation sites (tertiary alicyclic amines) is 1. The van der Waals surface area contributed by atoms with Crippen LogP contribution in [0.25, 0.3) is 10.4 Å². The molecule has 4 heterocycles. The summed E-state index contributed by atoms with van der Waals surface area (Å²) in [5, 5.41) is 3.59. The SMILES string of the molecule is CN1C[C@]23C=C[C@H](O2)[C@H](C(=O)Nc2nc4c(s2)-c2ccccc2CC4)[C@@H]3C1=O. The molecule has 2 saturated heterocycles. The molecule has 1 N–H and O–H groups in total. The molecular weight excluding hydrogens is 374 g/mol. The highest BCUT2D eigenvalue weighted by molar-refractivity contribution is 7.19. The molecule has 1 aromatic heterocycles. The van der Waals surface area contributed by atoms with E-state index in [1.54, 1.807) is 11.9 Å². The Balaban J connectivity index is 1.30. The molecule has 1 spiro atoms. The van der Waals surface area contributed by atoms with E-state index < -0.39 is 17.4 Å². The van der Waals surface area contributed by atoms with Crippen LogP contribution in [0.3, 0.4) is 0 Å². The Labute approximate surface area is 166 Å². The summed E-state index contributed by atoms with van der Waals surface area (Å²) in [5.41, 5.74) is 2.93. The second-order valence-corrected chi connectivity index (χ2v) is 9.03. The Morgan fingerprint density at radius 1 is 1.36 bits per heavy atom. The van der Waals surface area contributed by atoms with E-state index in [-0.39, 0.29) is 17.9 Å². The topological polar surface area (TPSA) is 71.5 Å². The number of benzene rings is 1. The van der Waals surface area contributed by atoms with Gasteiger partial charge < -0.3 is 15.0 Å². The fourth-order valence-electron chi connectivity index (χ4n) is 5.18. The van der Waals surface area contributed by atoms with Crippen molar-refractivity contribution in [3.63, 3.8) is 0 Å². The third-order valence-electron chi connectivity index (χ3n) is 6.41. The zero-order valence-corrected chi connectivity index (χ0v) is 16.2. The zero-order valence-electron chi connectivity index (χ0n) is 15.3. The van der Waals surface area contributed by atoms with Crippen molar-refractivity contribution in [1.29, 1.82) is 0 Å². The molecule has 0 unspecified atom stereocenters. The van der Waals surface area contributed by atoms with Crippen LogP contribution in [0.5, 0.6) is 0 Å². The van der Waals surface area contributed by atoms with Crippen molar-refractivity contribution >= 4 is 28.3 Å². The van der Waals surface area contributed by atoms with Gasteiger partial charge in [0, 0.05) is 7.05 Å². The van der Waals surface area contributed by atoms with Crippen LogP contribution >= 0.6 is 11.3 Å².